The Hall–Kier alpha value is -1.72. The average molecular weight is 137 g/mol. The highest BCUT2D eigenvalue weighted by Gasteiger charge is 2.00. The number of nitrogen functional groups attached to an aromatic ring is 1. The van der Waals surface area contributed by atoms with Gasteiger partial charge in [0.2, 0.25) is 11.3 Å². The minimum absolute atomic E-state index is 0.309. The van der Waals surface area contributed by atoms with Crippen molar-refractivity contribution in [1.82, 2.24) is 20.3 Å². The van der Waals surface area contributed by atoms with Crippen LogP contribution in [-0.2, 0) is 0 Å². The maximum absolute atomic E-state index is 5.30. The predicted molar refractivity (Wildman–Crippen MR) is 31.8 cm³/mol. The summed E-state index contributed by atoms with van der Waals surface area (Å²) in [4.78, 5) is 7.57. The van der Waals surface area contributed by atoms with Gasteiger partial charge in [-0.3, -0.25) is 0 Å². The summed E-state index contributed by atoms with van der Waals surface area (Å²) >= 11 is 0. The van der Waals surface area contributed by atoms with Crippen molar-refractivity contribution in [2.24, 2.45) is 0 Å². The Morgan fingerprint density at radius 1 is 1.30 bits per heavy atom. The zero-order chi connectivity index (χ0) is 6.97. The molecule has 10 heavy (non-hydrogen) atoms. The van der Waals surface area contributed by atoms with Gasteiger partial charge in [-0.15, -0.1) is 0 Å². The summed E-state index contributed by atoms with van der Waals surface area (Å²) in [5.74, 6) is 0.309. The number of aromatic nitrogens is 4. The minimum atomic E-state index is 0.309. The Bertz CT molecular complexity index is 355. The smallest absolute Gasteiger partial charge is 0.245 e. The topological polar surface area (TPSA) is 90.7 Å². The van der Waals surface area contributed by atoms with E-state index in [1.54, 1.807) is 0 Å². The molecule has 6 heteroatoms. The van der Waals surface area contributed by atoms with Gasteiger partial charge in [-0.2, -0.15) is 0 Å². The lowest BCUT2D eigenvalue weighted by Gasteiger charge is -1.84. The first kappa shape index (κ1) is 5.10. The number of nitrogens with two attached hydrogens (primary N) is 1. The third kappa shape index (κ3) is 0.586. The molecule has 0 amide bonds. The molecule has 2 aromatic rings. The van der Waals surface area contributed by atoms with Gasteiger partial charge in [-0.1, -0.05) is 0 Å². The number of anilines is 1. The summed E-state index contributed by atoms with van der Waals surface area (Å²) < 4.78 is 4.34. The fourth-order valence-corrected chi connectivity index (χ4v) is 0.610. The van der Waals surface area contributed by atoms with Crippen molar-refractivity contribution in [3.8, 4) is 0 Å². The molecule has 0 bridgehead atoms. The molecule has 0 spiro atoms. The quantitative estimate of drug-likeness (QED) is 0.531. The summed E-state index contributed by atoms with van der Waals surface area (Å²) in [5.41, 5.74) is 6.00. The second-order valence-corrected chi connectivity index (χ2v) is 1.71. The Labute approximate surface area is 55.0 Å². The van der Waals surface area contributed by atoms with Crippen LogP contribution >= 0.6 is 0 Å². The van der Waals surface area contributed by atoms with Crippen molar-refractivity contribution in [2.75, 3.05) is 5.73 Å². The molecule has 0 saturated heterocycles. The molecule has 0 saturated carbocycles. The molecule has 0 aliphatic carbocycles. The van der Waals surface area contributed by atoms with Crippen LogP contribution in [0.5, 0.6) is 0 Å². The predicted octanol–water partition coefficient (Wildman–Crippen LogP) is -0.405. The molecule has 0 atom stereocenters. The molecule has 6 nitrogen and oxygen atoms in total. The largest absolute Gasteiger partial charge is 0.382 e. The second-order valence-electron chi connectivity index (χ2n) is 1.71. The van der Waals surface area contributed by atoms with Crippen molar-refractivity contribution in [1.29, 1.82) is 0 Å². The second kappa shape index (κ2) is 1.63. The third-order valence-corrected chi connectivity index (χ3v) is 1.01. The van der Waals surface area contributed by atoms with Gasteiger partial charge in [-0.25, -0.2) is 14.6 Å². The summed E-state index contributed by atoms with van der Waals surface area (Å²) in [6, 6.07) is 0. The lowest BCUT2D eigenvalue weighted by Crippen LogP contribution is -1.91. The van der Waals surface area contributed by atoms with E-state index in [-0.39, 0.29) is 0 Å². The highest BCUT2D eigenvalue weighted by atomic mass is 16.6. The Kier molecular flexibility index (Phi) is 0.830. The highest BCUT2D eigenvalue weighted by molar-refractivity contribution is 5.63. The van der Waals surface area contributed by atoms with E-state index in [0.717, 1.165) is 0 Å². The first-order valence-corrected chi connectivity index (χ1v) is 2.57. The molecule has 0 unspecified atom stereocenters. The zero-order valence-corrected chi connectivity index (χ0v) is 4.85. The highest BCUT2D eigenvalue weighted by Crippen LogP contribution is 2.02. The standard InChI is InChI=1S/C4H3N5O/c5-2-1-6-3-4(7-2)9-10-8-3/h1H,(H2,5,7,9). The summed E-state index contributed by atoms with van der Waals surface area (Å²) in [7, 11) is 0. The lowest BCUT2D eigenvalue weighted by atomic mass is 10.6. The third-order valence-electron chi connectivity index (χ3n) is 1.01. The zero-order valence-electron chi connectivity index (χ0n) is 4.85. The van der Waals surface area contributed by atoms with Crippen molar-refractivity contribution in [2.45, 2.75) is 0 Å². The van der Waals surface area contributed by atoms with Gasteiger partial charge in [0.25, 0.3) is 0 Å². The Morgan fingerprint density at radius 3 is 3.00 bits per heavy atom. The average Bonchev–Trinajstić information content (AvgIpc) is 2.33. The van der Waals surface area contributed by atoms with Crippen molar-refractivity contribution in [3.05, 3.63) is 6.20 Å². The van der Waals surface area contributed by atoms with Crippen LogP contribution in [0.2, 0.25) is 0 Å². The van der Waals surface area contributed by atoms with Gasteiger partial charge in [0.15, 0.2) is 0 Å². The molecule has 2 rings (SSSR count). The molecule has 0 aliphatic rings. The van der Waals surface area contributed by atoms with E-state index in [2.05, 4.69) is 24.9 Å². The van der Waals surface area contributed by atoms with Gasteiger partial charge in [0.1, 0.15) is 5.82 Å². The van der Waals surface area contributed by atoms with E-state index in [0.29, 0.717) is 17.1 Å². The van der Waals surface area contributed by atoms with Gasteiger partial charge < -0.3 is 5.73 Å². The van der Waals surface area contributed by atoms with Crippen molar-refractivity contribution < 1.29 is 4.63 Å². The van der Waals surface area contributed by atoms with Crippen molar-refractivity contribution >= 4 is 17.1 Å². The molecule has 2 N–H and O–H groups in total. The maximum atomic E-state index is 5.30. The van der Waals surface area contributed by atoms with Crippen LogP contribution in [0.25, 0.3) is 11.3 Å². The number of fused-ring (bicyclic) bond motifs is 1. The first-order valence-electron chi connectivity index (χ1n) is 2.57. The van der Waals surface area contributed by atoms with Crippen LogP contribution in [0.3, 0.4) is 0 Å². The lowest BCUT2D eigenvalue weighted by molar-refractivity contribution is 0.314. The number of hydrogen-bond acceptors (Lipinski definition) is 6. The van der Waals surface area contributed by atoms with Crippen LogP contribution in [0.15, 0.2) is 10.8 Å². The Balaban J connectivity index is 2.86. The van der Waals surface area contributed by atoms with E-state index >= 15 is 0 Å². The van der Waals surface area contributed by atoms with Crippen LogP contribution in [0.4, 0.5) is 5.82 Å². The van der Waals surface area contributed by atoms with Gasteiger partial charge in [0.05, 0.1) is 6.20 Å². The van der Waals surface area contributed by atoms with E-state index in [4.69, 9.17) is 5.73 Å². The monoisotopic (exact) mass is 137 g/mol. The molecule has 0 aromatic carbocycles. The fraction of sp³-hybridized carbons (Fsp3) is 0. The molecular weight excluding hydrogens is 134 g/mol. The Morgan fingerprint density at radius 2 is 2.10 bits per heavy atom. The summed E-state index contributed by atoms with van der Waals surface area (Å²) in [6.07, 6.45) is 1.40. The van der Waals surface area contributed by atoms with Gasteiger partial charge in [0, 0.05) is 0 Å². The molecule has 2 aromatic heterocycles. The summed E-state index contributed by atoms with van der Waals surface area (Å²) in [6.45, 7) is 0. The molecule has 0 aliphatic heterocycles. The van der Waals surface area contributed by atoms with Crippen LogP contribution in [0.1, 0.15) is 0 Å². The SMILES string of the molecule is Nc1cnc2nonc2n1. The first-order chi connectivity index (χ1) is 4.86. The van der Waals surface area contributed by atoms with E-state index in [1.807, 2.05) is 0 Å². The molecule has 2 heterocycles. The number of hydrogen-bond donors (Lipinski definition) is 1. The molecule has 50 valence electrons. The van der Waals surface area contributed by atoms with Gasteiger partial charge >= 0.3 is 0 Å². The van der Waals surface area contributed by atoms with Gasteiger partial charge in [-0.05, 0) is 10.3 Å². The van der Waals surface area contributed by atoms with Crippen LogP contribution in [-0.4, -0.2) is 20.3 Å². The van der Waals surface area contributed by atoms with E-state index < -0.39 is 0 Å². The van der Waals surface area contributed by atoms with E-state index in [9.17, 15) is 0 Å². The van der Waals surface area contributed by atoms with Crippen molar-refractivity contribution in [3.63, 3.8) is 0 Å². The van der Waals surface area contributed by atoms with E-state index in [1.165, 1.54) is 6.20 Å². The number of nitrogens with zero attached hydrogens (tertiary/aromatic N) is 4. The minimum Gasteiger partial charge on any atom is -0.382 e. The normalized spacial score (nSPS) is 10.4. The maximum Gasteiger partial charge on any atom is 0.245 e. The molecule has 0 radical (unpaired) electrons. The summed E-state index contributed by atoms with van der Waals surface area (Å²) in [5, 5.41) is 6.88. The van der Waals surface area contributed by atoms with Crippen LogP contribution < -0.4 is 5.73 Å². The number of rotatable bonds is 0. The molecule has 0 fully saturated rings. The van der Waals surface area contributed by atoms with Crippen LogP contribution in [0, 0.1) is 0 Å². The molecular formula is C4H3N5O. The fourth-order valence-electron chi connectivity index (χ4n) is 0.610.